The predicted octanol–water partition coefficient (Wildman–Crippen LogP) is 1.87. The van der Waals surface area contributed by atoms with Crippen LogP contribution in [0.4, 0.5) is 0 Å². The largest absolute Gasteiger partial charge is 0.396 e. The van der Waals surface area contributed by atoms with Gasteiger partial charge in [0.25, 0.3) is 5.56 Å². The van der Waals surface area contributed by atoms with E-state index in [1.165, 1.54) is 0 Å². The summed E-state index contributed by atoms with van der Waals surface area (Å²) < 4.78 is 0. The summed E-state index contributed by atoms with van der Waals surface area (Å²) >= 11 is 0. The summed E-state index contributed by atoms with van der Waals surface area (Å²) in [5, 5.41) is 8.74. The van der Waals surface area contributed by atoms with Crippen molar-refractivity contribution >= 4 is 12.2 Å². The molecule has 2 rings (SSSR count). The number of benzene rings is 1. The predicted molar refractivity (Wildman–Crippen MR) is 75.6 cm³/mol. The third-order valence-corrected chi connectivity index (χ3v) is 2.73. The lowest BCUT2D eigenvalue weighted by molar-refractivity contribution is 0.288. The second-order valence-electron chi connectivity index (χ2n) is 4.19. The summed E-state index contributed by atoms with van der Waals surface area (Å²) in [6, 6.07) is 9.81. The highest BCUT2D eigenvalue weighted by Crippen LogP contribution is 2.04. The third kappa shape index (κ3) is 3.89. The minimum absolute atomic E-state index is 0.0785. The van der Waals surface area contributed by atoms with E-state index in [0.29, 0.717) is 24.2 Å². The molecule has 0 spiro atoms. The first-order valence-corrected chi connectivity index (χ1v) is 6.22. The highest BCUT2D eigenvalue weighted by Gasteiger charge is 2.00. The number of aryl methyl sites for hydroxylation is 1. The number of nitrogens with zero attached hydrogens (tertiary/aromatic N) is 1. The van der Waals surface area contributed by atoms with Crippen LogP contribution in [0.25, 0.3) is 12.2 Å². The fraction of sp³-hybridized carbons (Fsp3) is 0.200. The fourth-order valence-corrected chi connectivity index (χ4v) is 1.71. The lowest BCUT2D eigenvalue weighted by atomic mass is 10.2. The minimum atomic E-state index is -0.236. The smallest absolute Gasteiger partial charge is 0.276 e. The van der Waals surface area contributed by atoms with Gasteiger partial charge in [-0.15, -0.1) is 0 Å². The van der Waals surface area contributed by atoms with Crippen LogP contribution in [0.1, 0.15) is 23.4 Å². The van der Waals surface area contributed by atoms with Crippen molar-refractivity contribution in [3.05, 3.63) is 63.8 Å². The zero-order chi connectivity index (χ0) is 13.5. The van der Waals surface area contributed by atoms with Crippen LogP contribution in [-0.2, 0) is 6.42 Å². The van der Waals surface area contributed by atoms with Crippen molar-refractivity contribution in [1.29, 1.82) is 0 Å². The lowest BCUT2D eigenvalue weighted by Crippen LogP contribution is -2.15. The number of H-pyrrole nitrogens is 1. The molecule has 4 heteroatoms. The van der Waals surface area contributed by atoms with E-state index in [2.05, 4.69) is 9.97 Å². The molecule has 0 amide bonds. The topological polar surface area (TPSA) is 66.0 Å². The van der Waals surface area contributed by atoms with Crippen LogP contribution in [0.2, 0.25) is 0 Å². The van der Waals surface area contributed by atoms with Gasteiger partial charge in [0.15, 0.2) is 0 Å². The SMILES string of the molecule is O=c1nc(C=Cc2ccccc2)[nH]cc1CCCO. The van der Waals surface area contributed by atoms with Gasteiger partial charge in [0.2, 0.25) is 0 Å². The van der Waals surface area contributed by atoms with Crippen molar-refractivity contribution in [2.75, 3.05) is 6.61 Å². The van der Waals surface area contributed by atoms with Crippen LogP contribution in [0.15, 0.2) is 41.3 Å². The first-order chi connectivity index (χ1) is 9.29. The molecule has 0 saturated heterocycles. The quantitative estimate of drug-likeness (QED) is 0.858. The molecule has 0 fully saturated rings. The number of aromatic amines is 1. The van der Waals surface area contributed by atoms with E-state index >= 15 is 0 Å². The molecule has 0 unspecified atom stereocenters. The van der Waals surface area contributed by atoms with Gasteiger partial charge in [0.1, 0.15) is 5.82 Å². The maximum atomic E-state index is 11.7. The van der Waals surface area contributed by atoms with Crippen LogP contribution in [-0.4, -0.2) is 21.7 Å². The Hall–Kier alpha value is -2.20. The van der Waals surface area contributed by atoms with E-state index in [1.807, 2.05) is 36.4 Å². The normalized spacial score (nSPS) is 11.0. The Morgan fingerprint density at radius 2 is 2.00 bits per heavy atom. The van der Waals surface area contributed by atoms with Gasteiger partial charge in [-0.25, -0.2) is 0 Å². The summed E-state index contributed by atoms with van der Waals surface area (Å²) in [5.41, 5.74) is 1.42. The van der Waals surface area contributed by atoms with Crippen molar-refractivity contribution in [2.45, 2.75) is 12.8 Å². The number of hydrogen-bond donors (Lipinski definition) is 2. The second-order valence-corrected chi connectivity index (χ2v) is 4.19. The monoisotopic (exact) mass is 256 g/mol. The average Bonchev–Trinajstić information content (AvgIpc) is 2.45. The Morgan fingerprint density at radius 3 is 2.68 bits per heavy atom. The van der Waals surface area contributed by atoms with Gasteiger partial charge in [-0.05, 0) is 24.5 Å². The first-order valence-electron chi connectivity index (χ1n) is 6.22. The van der Waals surface area contributed by atoms with Gasteiger partial charge in [0.05, 0.1) is 0 Å². The van der Waals surface area contributed by atoms with E-state index in [4.69, 9.17) is 5.11 Å². The molecule has 0 atom stereocenters. The third-order valence-electron chi connectivity index (χ3n) is 2.73. The summed E-state index contributed by atoms with van der Waals surface area (Å²) in [6.45, 7) is 0.0785. The van der Waals surface area contributed by atoms with E-state index in [1.54, 1.807) is 12.3 Å². The van der Waals surface area contributed by atoms with Crippen LogP contribution in [0, 0.1) is 0 Å². The fourth-order valence-electron chi connectivity index (χ4n) is 1.71. The first kappa shape index (κ1) is 13.2. The highest BCUT2D eigenvalue weighted by atomic mass is 16.2. The molecular weight excluding hydrogens is 240 g/mol. The summed E-state index contributed by atoms with van der Waals surface area (Å²) in [4.78, 5) is 18.6. The molecule has 1 heterocycles. The Bertz CT molecular complexity index is 603. The Morgan fingerprint density at radius 1 is 1.21 bits per heavy atom. The molecule has 1 aromatic carbocycles. The van der Waals surface area contributed by atoms with Gasteiger partial charge < -0.3 is 10.1 Å². The van der Waals surface area contributed by atoms with E-state index < -0.39 is 0 Å². The number of aliphatic hydroxyl groups excluding tert-OH is 1. The van der Waals surface area contributed by atoms with Crippen molar-refractivity contribution < 1.29 is 5.11 Å². The molecular formula is C15H16N2O2. The number of nitrogens with one attached hydrogen (secondary N) is 1. The number of hydrogen-bond acceptors (Lipinski definition) is 3. The van der Waals surface area contributed by atoms with E-state index in [0.717, 1.165) is 5.56 Å². The summed E-state index contributed by atoms with van der Waals surface area (Å²) in [6.07, 6.45) is 6.44. The van der Waals surface area contributed by atoms with Gasteiger partial charge in [-0.2, -0.15) is 4.98 Å². The molecule has 0 bridgehead atoms. The van der Waals surface area contributed by atoms with Crippen LogP contribution >= 0.6 is 0 Å². The highest BCUT2D eigenvalue weighted by molar-refractivity contribution is 5.66. The molecule has 0 radical (unpaired) electrons. The summed E-state index contributed by atoms with van der Waals surface area (Å²) in [7, 11) is 0. The molecule has 0 aliphatic rings. The molecule has 1 aromatic heterocycles. The zero-order valence-corrected chi connectivity index (χ0v) is 10.5. The van der Waals surface area contributed by atoms with Crippen LogP contribution < -0.4 is 5.56 Å². The van der Waals surface area contributed by atoms with E-state index in [-0.39, 0.29) is 12.2 Å². The van der Waals surface area contributed by atoms with Gasteiger partial charge >= 0.3 is 0 Å². The van der Waals surface area contributed by atoms with Crippen LogP contribution in [0.5, 0.6) is 0 Å². The van der Waals surface area contributed by atoms with Crippen molar-refractivity contribution in [2.24, 2.45) is 0 Å². The molecule has 0 aliphatic heterocycles. The molecule has 19 heavy (non-hydrogen) atoms. The average molecular weight is 256 g/mol. The molecule has 0 aliphatic carbocycles. The number of aromatic nitrogens is 2. The van der Waals surface area contributed by atoms with Crippen molar-refractivity contribution in [1.82, 2.24) is 9.97 Å². The maximum Gasteiger partial charge on any atom is 0.276 e. The van der Waals surface area contributed by atoms with Gasteiger partial charge in [-0.3, -0.25) is 4.79 Å². The minimum Gasteiger partial charge on any atom is -0.396 e. The van der Waals surface area contributed by atoms with Gasteiger partial charge in [-0.1, -0.05) is 36.4 Å². The molecule has 4 nitrogen and oxygen atoms in total. The Labute approximate surface area is 111 Å². The van der Waals surface area contributed by atoms with E-state index in [9.17, 15) is 4.79 Å². The maximum absolute atomic E-state index is 11.7. The molecule has 2 N–H and O–H groups in total. The number of aliphatic hydroxyl groups is 1. The standard InChI is InChI=1S/C15H16N2O2/c18-10-4-7-13-11-16-14(17-15(13)19)9-8-12-5-2-1-3-6-12/h1-3,5-6,8-9,11,18H,4,7,10H2,(H,16,17,19). The van der Waals surface area contributed by atoms with Crippen LogP contribution in [0.3, 0.4) is 0 Å². The molecule has 2 aromatic rings. The van der Waals surface area contributed by atoms with Crippen molar-refractivity contribution in [3.8, 4) is 0 Å². The Balaban J connectivity index is 2.12. The van der Waals surface area contributed by atoms with Gasteiger partial charge in [0, 0.05) is 18.4 Å². The summed E-state index contributed by atoms with van der Waals surface area (Å²) in [5.74, 6) is 0.529. The van der Waals surface area contributed by atoms with Crippen molar-refractivity contribution in [3.63, 3.8) is 0 Å². The number of rotatable bonds is 5. The zero-order valence-electron chi connectivity index (χ0n) is 10.5. The molecule has 98 valence electrons. The molecule has 0 saturated carbocycles. The lowest BCUT2D eigenvalue weighted by Gasteiger charge is -1.99. The second kappa shape index (κ2) is 6.66. The Kier molecular flexibility index (Phi) is 4.64.